The molecule has 0 aliphatic carbocycles. The maximum Gasteiger partial charge on any atom is 0.416 e. The van der Waals surface area contributed by atoms with E-state index in [1.165, 1.54) is 30.1 Å². The predicted molar refractivity (Wildman–Crippen MR) is 145 cm³/mol. The second-order valence-electron chi connectivity index (χ2n) is 10.6. The summed E-state index contributed by atoms with van der Waals surface area (Å²) in [5.41, 5.74) is 4.37. The lowest BCUT2D eigenvalue weighted by atomic mass is 9.89. The predicted octanol–water partition coefficient (Wildman–Crippen LogP) is 6.94. The van der Waals surface area contributed by atoms with E-state index >= 15 is 0 Å². The van der Waals surface area contributed by atoms with Crippen molar-refractivity contribution < 1.29 is 40.3 Å². The summed E-state index contributed by atoms with van der Waals surface area (Å²) in [5.74, 6) is -0.855. The van der Waals surface area contributed by atoms with Crippen LogP contribution in [0.25, 0.3) is 0 Å². The van der Waals surface area contributed by atoms with Gasteiger partial charge in [-0.05, 0) is 91.1 Å². The molecule has 3 aromatic carbocycles. The number of nitrogens with zero attached hydrogens (tertiary/aromatic N) is 2. The number of halogens is 7. The molecule has 1 saturated heterocycles. The number of carbonyl (C=O) groups is 2. The number of hydrogen-bond acceptors (Lipinski definition) is 3. The van der Waals surface area contributed by atoms with E-state index in [1.54, 1.807) is 31.2 Å². The first-order valence-electron chi connectivity index (χ1n) is 13.3. The van der Waals surface area contributed by atoms with Crippen LogP contribution in [-0.2, 0) is 18.9 Å². The number of likely N-dealkylation sites (tertiary alicyclic amines) is 1. The Morgan fingerprint density at radius 1 is 0.953 bits per heavy atom. The van der Waals surface area contributed by atoms with E-state index < -0.39 is 54.0 Å². The normalized spacial score (nSPS) is 17.5. The first kappa shape index (κ1) is 31.6. The second kappa shape index (κ2) is 12.1. The molecule has 1 aliphatic rings. The molecule has 43 heavy (non-hydrogen) atoms. The zero-order chi connectivity index (χ0) is 31.7. The van der Waals surface area contributed by atoms with Crippen molar-refractivity contribution in [1.82, 2.24) is 15.1 Å². The molecule has 6 nitrogen and oxygen atoms in total. The summed E-state index contributed by atoms with van der Waals surface area (Å²) in [4.78, 5) is 29.0. The van der Waals surface area contributed by atoms with E-state index in [9.17, 15) is 40.3 Å². The molecular weight excluding hydrogens is 581 g/mol. The topological polar surface area (TPSA) is 78.7 Å². The molecule has 0 unspecified atom stereocenters. The van der Waals surface area contributed by atoms with Gasteiger partial charge in [-0.3, -0.25) is 4.79 Å². The fourth-order valence-corrected chi connectivity index (χ4v) is 5.21. The lowest BCUT2D eigenvalue weighted by molar-refractivity contribution is -0.143. The summed E-state index contributed by atoms with van der Waals surface area (Å²) in [5, 5.41) is 2.94. The Morgan fingerprint density at radius 2 is 1.56 bits per heavy atom. The third-order valence-electron chi connectivity index (χ3n) is 7.34. The van der Waals surface area contributed by atoms with Crippen molar-refractivity contribution in [3.8, 4) is 0 Å². The number of anilines is 1. The average Bonchev–Trinajstić information content (AvgIpc) is 2.92. The Bertz CT molecular complexity index is 1460. The Kier molecular flexibility index (Phi) is 8.93. The SMILES string of the molecule is Cc1cc(F)ccc1[C@H]1C[C@@H](NC(=O)c2ccc(N)cc2)CCN1C(=O)N(C)Cc1cc(C(F)(F)F)cc(C(F)(F)F)c1. The van der Waals surface area contributed by atoms with Gasteiger partial charge in [-0.1, -0.05) is 6.07 Å². The Hall–Kier alpha value is -4.29. The first-order chi connectivity index (χ1) is 20.0. The molecule has 2 atom stereocenters. The van der Waals surface area contributed by atoms with Gasteiger partial charge >= 0.3 is 18.4 Å². The number of nitrogens with one attached hydrogen (secondary N) is 1. The number of rotatable bonds is 5. The number of urea groups is 1. The number of alkyl halides is 6. The zero-order valence-corrected chi connectivity index (χ0v) is 23.2. The third-order valence-corrected chi connectivity index (χ3v) is 7.34. The molecule has 4 rings (SSSR count). The minimum atomic E-state index is -5.03. The van der Waals surface area contributed by atoms with Crippen LogP contribution in [0.15, 0.2) is 60.7 Å². The number of piperidine rings is 1. The monoisotopic (exact) mass is 610 g/mol. The molecule has 3 amide bonds. The quantitative estimate of drug-likeness (QED) is 0.243. The molecular formula is C30H29F7N4O2. The molecule has 13 heteroatoms. The van der Waals surface area contributed by atoms with Gasteiger partial charge in [0.15, 0.2) is 0 Å². The molecule has 3 aromatic rings. The standard InChI is InChI=1S/C30H29F7N4O2/c1-17-11-22(31)5-8-25(17)26-15-24(39-27(42)19-3-6-23(38)7-4-19)9-10-41(26)28(43)40(2)16-18-12-20(29(32,33)34)14-21(13-18)30(35,36)37/h3-8,11-14,24,26H,9-10,15-16,38H2,1-2H3,(H,39,42)/t24-,26+/m0/s1. The third kappa shape index (κ3) is 7.57. The number of nitrogen functional groups attached to an aromatic ring is 1. The van der Waals surface area contributed by atoms with Gasteiger partial charge in [0.25, 0.3) is 5.91 Å². The number of hydrogen-bond donors (Lipinski definition) is 2. The first-order valence-corrected chi connectivity index (χ1v) is 13.3. The molecule has 230 valence electrons. The van der Waals surface area contributed by atoms with Crippen molar-refractivity contribution >= 4 is 17.6 Å². The van der Waals surface area contributed by atoms with Gasteiger partial charge in [0.05, 0.1) is 17.2 Å². The van der Waals surface area contributed by atoms with Gasteiger partial charge in [0.2, 0.25) is 0 Å². The fourth-order valence-electron chi connectivity index (χ4n) is 5.21. The molecule has 0 saturated carbocycles. The van der Waals surface area contributed by atoms with Crippen molar-refractivity contribution in [1.29, 1.82) is 0 Å². The van der Waals surface area contributed by atoms with Gasteiger partial charge in [0.1, 0.15) is 5.82 Å². The maximum atomic E-state index is 13.9. The van der Waals surface area contributed by atoms with Crippen LogP contribution in [-0.4, -0.2) is 41.4 Å². The van der Waals surface area contributed by atoms with Crippen LogP contribution >= 0.6 is 0 Å². The van der Waals surface area contributed by atoms with Crippen molar-refractivity contribution in [2.45, 2.75) is 50.7 Å². The molecule has 0 radical (unpaired) electrons. The van der Waals surface area contributed by atoms with E-state index in [-0.39, 0.29) is 30.5 Å². The van der Waals surface area contributed by atoms with Crippen molar-refractivity contribution in [2.75, 3.05) is 19.3 Å². The van der Waals surface area contributed by atoms with Crippen molar-refractivity contribution in [3.63, 3.8) is 0 Å². The second-order valence-corrected chi connectivity index (χ2v) is 10.6. The van der Waals surface area contributed by atoms with E-state index in [1.807, 2.05) is 0 Å². The summed E-state index contributed by atoms with van der Waals surface area (Å²) in [6.07, 6.45) is -9.50. The minimum Gasteiger partial charge on any atom is -0.399 e. The molecule has 1 fully saturated rings. The molecule has 1 heterocycles. The highest BCUT2D eigenvalue weighted by Gasteiger charge is 2.38. The van der Waals surface area contributed by atoms with Crippen LogP contribution < -0.4 is 11.1 Å². The lowest BCUT2D eigenvalue weighted by Gasteiger charge is -2.42. The van der Waals surface area contributed by atoms with Crippen LogP contribution in [0, 0.1) is 12.7 Å². The van der Waals surface area contributed by atoms with Gasteiger partial charge in [-0.15, -0.1) is 0 Å². The van der Waals surface area contributed by atoms with E-state index in [0.717, 1.165) is 4.90 Å². The number of carbonyl (C=O) groups excluding carboxylic acids is 2. The van der Waals surface area contributed by atoms with Gasteiger partial charge in [-0.2, -0.15) is 26.3 Å². The van der Waals surface area contributed by atoms with Crippen LogP contribution in [0.5, 0.6) is 0 Å². The Balaban J connectivity index is 1.59. The highest BCUT2D eigenvalue weighted by molar-refractivity contribution is 5.94. The summed E-state index contributed by atoms with van der Waals surface area (Å²) in [6, 6.07) is 9.81. The highest BCUT2D eigenvalue weighted by atomic mass is 19.4. The summed E-state index contributed by atoms with van der Waals surface area (Å²) in [6.45, 7) is 1.23. The van der Waals surface area contributed by atoms with Crippen LogP contribution in [0.3, 0.4) is 0 Å². The van der Waals surface area contributed by atoms with Crippen molar-refractivity contribution in [3.05, 3.63) is 99.9 Å². The van der Waals surface area contributed by atoms with E-state index in [0.29, 0.717) is 40.9 Å². The smallest absolute Gasteiger partial charge is 0.399 e. The highest BCUT2D eigenvalue weighted by Crippen LogP contribution is 2.37. The molecule has 0 aromatic heterocycles. The maximum absolute atomic E-state index is 13.9. The van der Waals surface area contributed by atoms with Gasteiger partial charge in [-0.25, -0.2) is 9.18 Å². The van der Waals surface area contributed by atoms with E-state index in [2.05, 4.69) is 5.32 Å². The summed E-state index contributed by atoms with van der Waals surface area (Å²) >= 11 is 0. The van der Waals surface area contributed by atoms with Gasteiger partial charge < -0.3 is 20.9 Å². The molecule has 1 aliphatic heterocycles. The Labute approximate surface area is 243 Å². The van der Waals surface area contributed by atoms with Gasteiger partial charge in [0, 0.05) is 37.4 Å². The molecule has 0 spiro atoms. The fraction of sp³-hybridized carbons (Fsp3) is 0.333. The minimum absolute atomic E-state index is 0.0299. The number of nitrogens with two attached hydrogens (primary N) is 1. The summed E-state index contributed by atoms with van der Waals surface area (Å²) < 4.78 is 94.1. The Morgan fingerprint density at radius 3 is 2.12 bits per heavy atom. The number of amides is 3. The van der Waals surface area contributed by atoms with Crippen molar-refractivity contribution in [2.24, 2.45) is 0 Å². The lowest BCUT2D eigenvalue weighted by Crippen LogP contribution is -2.51. The van der Waals surface area contributed by atoms with E-state index in [4.69, 9.17) is 5.73 Å². The average molecular weight is 611 g/mol. The zero-order valence-electron chi connectivity index (χ0n) is 23.2. The number of benzene rings is 3. The molecule has 0 bridgehead atoms. The summed E-state index contributed by atoms with van der Waals surface area (Å²) in [7, 11) is 1.28. The van der Waals surface area contributed by atoms with Crippen LogP contribution in [0.2, 0.25) is 0 Å². The van der Waals surface area contributed by atoms with Crippen LogP contribution in [0.1, 0.15) is 57.1 Å². The van der Waals surface area contributed by atoms with Crippen LogP contribution in [0.4, 0.5) is 41.2 Å². The number of aryl methyl sites for hydroxylation is 1. The largest absolute Gasteiger partial charge is 0.416 e. The molecule has 3 N–H and O–H groups in total.